The number of hydrogen-bond donors (Lipinski definition) is 1. The Morgan fingerprint density at radius 2 is 2.22 bits per heavy atom. The summed E-state index contributed by atoms with van der Waals surface area (Å²) in [5.74, 6) is 1.80. The van der Waals surface area contributed by atoms with Crippen molar-refractivity contribution in [1.29, 1.82) is 0 Å². The van der Waals surface area contributed by atoms with Crippen molar-refractivity contribution in [1.82, 2.24) is 9.55 Å². The van der Waals surface area contributed by atoms with Crippen LogP contribution in [0.25, 0.3) is 5.69 Å². The van der Waals surface area contributed by atoms with Gasteiger partial charge >= 0.3 is 0 Å². The molecule has 0 spiro atoms. The molecule has 4 heteroatoms. The SMILES string of the molecule is COc1ccc(-n2ccnc2NC2CC2)c(C)c1. The Kier molecular flexibility index (Phi) is 2.70. The molecule has 0 radical (unpaired) electrons. The lowest BCUT2D eigenvalue weighted by atomic mass is 10.2. The Hall–Kier alpha value is -1.97. The fourth-order valence-electron chi connectivity index (χ4n) is 2.04. The molecule has 1 N–H and O–H groups in total. The maximum atomic E-state index is 5.23. The molecule has 1 saturated carbocycles. The van der Waals surface area contributed by atoms with E-state index in [0.29, 0.717) is 6.04 Å². The molecule has 1 aliphatic rings. The average molecular weight is 243 g/mol. The fraction of sp³-hybridized carbons (Fsp3) is 0.357. The highest BCUT2D eigenvalue weighted by Crippen LogP contribution is 2.27. The smallest absolute Gasteiger partial charge is 0.207 e. The second-order valence-electron chi connectivity index (χ2n) is 4.69. The molecule has 1 aromatic carbocycles. The number of aryl methyl sites for hydroxylation is 1. The monoisotopic (exact) mass is 243 g/mol. The molecule has 0 amide bonds. The van der Waals surface area contributed by atoms with E-state index in [1.165, 1.54) is 18.4 Å². The minimum absolute atomic E-state index is 0.602. The minimum Gasteiger partial charge on any atom is -0.497 e. The van der Waals surface area contributed by atoms with Gasteiger partial charge < -0.3 is 10.1 Å². The van der Waals surface area contributed by atoms with Crippen LogP contribution in [-0.2, 0) is 0 Å². The van der Waals surface area contributed by atoms with Crippen LogP contribution in [0.5, 0.6) is 5.75 Å². The van der Waals surface area contributed by atoms with Gasteiger partial charge in [0.1, 0.15) is 5.75 Å². The van der Waals surface area contributed by atoms with Crippen molar-refractivity contribution < 1.29 is 4.74 Å². The summed E-state index contributed by atoms with van der Waals surface area (Å²) in [5.41, 5.74) is 2.31. The van der Waals surface area contributed by atoms with Crippen LogP contribution in [0, 0.1) is 6.92 Å². The largest absolute Gasteiger partial charge is 0.497 e. The van der Waals surface area contributed by atoms with E-state index in [-0.39, 0.29) is 0 Å². The van der Waals surface area contributed by atoms with Crippen LogP contribution in [0.15, 0.2) is 30.6 Å². The van der Waals surface area contributed by atoms with Crippen molar-refractivity contribution in [2.75, 3.05) is 12.4 Å². The molecule has 1 aliphatic carbocycles. The van der Waals surface area contributed by atoms with Crippen LogP contribution in [0.1, 0.15) is 18.4 Å². The normalized spacial score (nSPS) is 14.6. The number of hydrogen-bond acceptors (Lipinski definition) is 3. The molecule has 1 fully saturated rings. The molecule has 1 heterocycles. The van der Waals surface area contributed by atoms with Crippen molar-refractivity contribution in [3.63, 3.8) is 0 Å². The second kappa shape index (κ2) is 4.37. The lowest BCUT2D eigenvalue weighted by Crippen LogP contribution is -2.08. The summed E-state index contributed by atoms with van der Waals surface area (Å²) in [4.78, 5) is 4.38. The van der Waals surface area contributed by atoms with E-state index in [9.17, 15) is 0 Å². The Morgan fingerprint density at radius 1 is 1.39 bits per heavy atom. The standard InChI is InChI=1S/C14H17N3O/c1-10-9-12(18-2)5-6-13(10)17-8-7-15-14(17)16-11-3-4-11/h5-9,11H,3-4H2,1-2H3,(H,15,16). The number of nitrogens with one attached hydrogen (secondary N) is 1. The minimum atomic E-state index is 0.602. The summed E-state index contributed by atoms with van der Waals surface area (Å²) < 4.78 is 7.32. The third-order valence-corrected chi connectivity index (χ3v) is 3.21. The molecule has 1 aromatic heterocycles. The molecule has 94 valence electrons. The van der Waals surface area contributed by atoms with Crippen molar-refractivity contribution in [2.45, 2.75) is 25.8 Å². The van der Waals surface area contributed by atoms with Gasteiger partial charge in [-0.15, -0.1) is 0 Å². The lowest BCUT2D eigenvalue weighted by molar-refractivity contribution is 0.414. The van der Waals surface area contributed by atoms with E-state index in [1.54, 1.807) is 7.11 Å². The number of rotatable bonds is 4. The molecule has 0 aliphatic heterocycles. The number of anilines is 1. The Balaban J connectivity index is 1.95. The van der Waals surface area contributed by atoms with Gasteiger partial charge in [-0.05, 0) is 43.5 Å². The predicted octanol–water partition coefficient (Wildman–Crippen LogP) is 2.76. The van der Waals surface area contributed by atoms with Gasteiger partial charge in [0.05, 0.1) is 12.8 Å². The van der Waals surface area contributed by atoms with Gasteiger partial charge in [-0.3, -0.25) is 4.57 Å². The third kappa shape index (κ3) is 2.06. The van der Waals surface area contributed by atoms with Crippen molar-refractivity contribution in [3.05, 3.63) is 36.2 Å². The molecule has 18 heavy (non-hydrogen) atoms. The maximum absolute atomic E-state index is 5.23. The van der Waals surface area contributed by atoms with Gasteiger partial charge in [0, 0.05) is 18.4 Å². The van der Waals surface area contributed by atoms with Crippen LogP contribution >= 0.6 is 0 Å². The number of nitrogens with zero attached hydrogens (tertiary/aromatic N) is 2. The van der Waals surface area contributed by atoms with E-state index in [1.807, 2.05) is 24.5 Å². The zero-order valence-corrected chi connectivity index (χ0v) is 10.7. The van der Waals surface area contributed by atoms with Gasteiger partial charge in [-0.1, -0.05) is 0 Å². The van der Waals surface area contributed by atoms with Gasteiger partial charge in [-0.25, -0.2) is 4.98 Å². The first kappa shape index (κ1) is 11.1. The highest BCUT2D eigenvalue weighted by molar-refractivity contribution is 5.50. The third-order valence-electron chi connectivity index (χ3n) is 3.21. The summed E-state index contributed by atoms with van der Waals surface area (Å²) in [6.07, 6.45) is 6.30. The zero-order valence-electron chi connectivity index (χ0n) is 10.7. The quantitative estimate of drug-likeness (QED) is 0.897. The topological polar surface area (TPSA) is 39.1 Å². The first-order chi connectivity index (χ1) is 8.78. The van der Waals surface area contributed by atoms with Crippen LogP contribution in [-0.4, -0.2) is 22.7 Å². The van der Waals surface area contributed by atoms with Crippen LogP contribution in [0.4, 0.5) is 5.95 Å². The Morgan fingerprint density at radius 3 is 2.89 bits per heavy atom. The number of ether oxygens (including phenoxy) is 1. The van der Waals surface area contributed by atoms with E-state index in [2.05, 4.69) is 27.9 Å². The van der Waals surface area contributed by atoms with Gasteiger partial charge in [-0.2, -0.15) is 0 Å². The van der Waals surface area contributed by atoms with E-state index in [4.69, 9.17) is 4.74 Å². The van der Waals surface area contributed by atoms with Crippen molar-refractivity contribution >= 4 is 5.95 Å². The predicted molar refractivity (Wildman–Crippen MR) is 71.5 cm³/mol. The number of aromatic nitrogens is 2. The molecule has 0 atom stereocenters. The highest BCUT2D eigenvalue weighted by Gasteiger charge is 2.23. The average Bonchev–Trinajstić information content (AvgIpc) is 3.07. The Labute approximate surface area is 107 Å². The van der Waals surface area contributed by atoms with Gasteiger partial charge in [0.2, 0.25) is 5.95 Å². The van der Waals surface area contributed by atoms with Crippen LogP contribution < -0.4 is 10.1 Å². The number of imidazole rings is 1. The molecule has 2 aromatic rings. The summed E-state index contributed by atoms with van der Waals surface area (Å²) in [6, 6.07) is 6.68. The summed E-state index contributed by atoms with van der Waals surface area (Å²) in [6.45, 7) is 2.08. The number of benzene rings is 1. The van der Waals surface area contributed by atoms with Gasteiger partial charge in [0.25, 0.3) is 0 Å². The molecule has 0 unspecified atom stereocenters. The first-order valence-electron chi connectivity index (χ1n) is 6.23. The molecule has 0 saturated heterocycles. The van der Waals surface area contributed by atoms with Crippen LogP contribution in [0.3, 0.4) is 0 Å². The highest BCUT2D eigenvalue weighted by atomic mass is 16.5. The zero-order chi connectivity index (χ0) is 12.5. The fourth-order valence-corrected chi connectivity index (χ4v) is 2.04. The first-order valence-corrected chi connectivity index (χ1v) is 6.23. The molecular weight excluding hydrogens is 226 g/mol. The maximum Gasteiger partial charge on any atom is 0.207 e. The summed E-state index contributed by atoms with van der Waals surface area (Å²) in [7, 11) is 1.69. The molecule has 0 bridgehead atoms. The van der Waals surface area contributed by atoms with Crippen molar-refractivity contribution in [3.8, 4) is 11.4 Å². The second-order valence-corrected chi connectivity index (χ2v) is 4.69. The van der Waals surface area contributed by atoms with E-state index < -0.39 is 0 Å². The van der Waals surface area contributed by atoms with Crippen LogP contribution in [0.2, 0.25) is 0 Å². The number of methoxy groups -OCH3 is 1. The summed E-state index contributed by atoms with van der Waals surface area (Å²) >= 11 is 0. The Bertz CT molecular complexity index is 558. The van der Waals surface area contributed by atoms with Gasteiger partial charge in [0.15, 0.2) is 0 Å². The van der Waals surface area contributed by atoms with E-state index >= 15 is 0 Å². The van der Waals surface area contributed by atoms with Crippen molar-refractivity contribution in [2.24, 2.45) is 0 Å². The van der Waals surface area contributed by atoms with E-state index in [0.717, 1.165) is 17.4 Å². The summed E-state index contributed by atoms with van der Waals surface area (Å²) in [5, 5.41) is 3.44. The molecule has 4 nitrogen and oxygen atoms in total. The lowest BCUT2D eigenvalue weighted by Gasteiger charge is -2.12. The molecular formula is C14H17N3O. The molecule has 3 rings (SSSR count).